The Bertz CT molecular complexity index is 593. The Kier molecular flexibility index (Phi) is 4.41. The number of rotatable bonds is 5. The molecule has 0 saturated carbocycles. The second kappa shape index (κ2) is 6.24. The van der Waals surface area contributed by atoms with Crippen LogP contribution < -0.4 is 4.90 Å². The molecule has 0 atom stereocenters. The van der Waals surface area contributed by atoms with Crippen LogP contribution in [0.3, 0.4) is 0 Å². The summed E-state index contributed by atoms with van der Waals surface area (Å²) < 4.78 is 0. The zero-order chi connectivity index (χ0) is 14.5. The normalized spacial score (nSPS) is 10.3. The fraction of sp³-hybridized carbons (Fsp3) is 0.235. The molecule has 0 heterocycles. The number of aliphatic carboxylic acids is 1. The van der Waals surface area contributed by atoms with Gasteiger partial charge < -0.3 is 10.0 Å². The summed E-state index contributed by atoms with van der Waals surface area (Å²) in [4.78, 5) is 13.0. The second-order valence-corrected chi connectivity index (χ2v) is 5.02. The van der Waals surface area contributed by atoms with E-state index >= 15 is 0 Å². The second-order valence-electron chi connectivity index (χ2n) is 5.02. The van der Waals surface area contributed by atoms with E-state index < -0.39 is 5.97 Å². The van der Waals surface area contributed by atoms with E-state index in [0.717, 1.165) is 11.3 Å². The van der Waals surface area contributed by atoms with Crippen molar-refractivity contribution < 1.29 is 9.90 Å². The average molecular weight is 269 g/mol. The zero-order valence-electron chi connectivity index (χ0n) is 11.8. The molecule has 0 bridgehead atoms. The molecule has 0 aliphatic heterocycles. The van der Waals surface area contributed by atoms with Crippen molar-refractivity contribution in [2.75, 3.05) is 11.4 Å². The molecule has 20 heavy (non-hydrogen) atoms. The molecule has 3 heteroatoms. The van der Waals surface area contributed by atoms with Gasteiger partial charge in [0.15, 0.2) is 0 Å². The van der Waals surface area contributed by atoms with Crippen LogP contribution in [0.15, 0.2) is 48.5 Å². The van der Waals surface area contributed by atoms with Gasteiger partial charge in [0.2, 0.25) is 0 Å². The minimum absolute atomic E-state index is 0.00258. The van der Waals surface area contributed by atoms with Crippen molar-refractivity contribution in [3.8, 4) is 0 Å². The van der Waals surface area contributed by atoms with Gasteiger partial charge >= 0.3 is 5.97 Å². The van der Waals surface area contributed by atoms with Crippen LogP contribution in [0.2, 0.25) is 0 Å². The molecule has 0 spiro atoms. The topological polar surface area (TPSA) is 40.5 Å². The SMILES string of the molecule is Cc1ccc(C)c(CN(CC(=O)O)c2ccccc2)c1. The molecular weight excluding hydrogens is 250 g/mol. The van der Waals surface area contributed by atoms with Crippen LogP contribution in [0.25, 0.3) is 0 Å². The van der Waals surface area contributed by atoms with E-state index in [0.29, 0.717) is 6.54 Å². The number of carbonyl (C=O) groups is 1. The standard InChI is InChI=1S/C17H19NO2/c1-13-8-9-14(2)15(10-13)11-18(12-17(19)20)16-6-4-3-5-7-16/h3-10H,11-12H2,1-2H3,(H,19,20). The molecule has 2 rings (SSSR count). The van der Waals surface area contributed by atoms with Crippen LogP contribution >= 0.6 is 0 Å². The van der Waals surface area contributed by atoms with E-state index in [-0.39, 0.29) is 6.54 Å². The number of carboxylic acid groups (broad SMARTS) is 1. The highest BCUT2D eigenvalue weighted by Gasteiger charge is 2.12. The fourth-order valence-electron chi connectivity index (χ4n) is 2.22. The van der Waals surface area contributed by atoms with Crippen molar-refractivity contribution in [2.24, 2.45) is 0 Å². The summed E-state index contributed by atoms with van der Waals surface area (Å²) in [5, 5.41) is 9.11. The van der Waals surface area contributed by atoms with Gasteiger partial charge in [-0.1, -0.05) is 42.0 Å². The Hall–Kier alpha value is -2.29. The van der Waals surface area contributed by atoms with Crippen molar-refractivity contribution in [3.63, 3.8) is 0 Å². The molecule has 2 aromatic carbocycles. The third kappa shape index (κ3) is 3.60. The van der Waals surface area contributed by atoms with E-state index in [1.54, 1.807) is 0 Å². The largest absolute Gasteiger partial charge is 0.480 e. The minimum atomic E-state index is -0.820. The minimum Gasteiger partial charge on any atom is -0.480 e. The molecule has 0 amide bonds. The van der Waals surface area contributed by atoms with Gasteiger partial charge in [-0.05, 0) is 37.1 Å². The van der Waals surface area contributed by atoms with E-state index in [2.05, 4.69) is 25.1 Å². The van der Waals surface area contributed by atoms with Gasteiger partial charge in [0, 0.05) is 12.2 Å². The Morgan fingerprint density at radius 2 is 1.80 bits per heavy atom. The number of nitrogens with zero attached hydrogens (tertiary/aromatic N) is 1. The van der Waals surface area contributed by atoms with E-state index in [4.69, 9.17) is 5.11 Å². The molecule has 104 valence electrons. The molecule has 0 saturated heterocycles. The maximum absolute atomic E-state index is 11.1. The average Bonchev–Trinajstić information content (AvgIpc) is 2.42. The lowest BCUT2D eigenvalue weighted by atomic mass is 10.0. The third-order valence-electron chi connectivity index (χ3n) is 3.31. The number of carboxylic acids is 1. The van der Waals surface area contributed by atoms with Gasteiger partial charge in [-0.2, -0.15) is 0 Å². The van der Waals surface area contributed by atoms with E-state index in [9.17, 15) is 4.79 Å². The van der Waals surface area contributed by atoms with Crippen LogP contribution in [0.4, 0.5) is 5.69 Å². The monoisotopic (exact) mass is 269 g/mol. The molecule has 0 aliphatic carbocycles. The first-order valence-electron chi connectivity index (χ1n) is 6.64. The van der Waals surface area contributed by atoms with Crippen LogP contribution in [0, 0.1) is 13.8 Å². The van der Waals surface area contributed by atoms with Crippen LogP contribution in [0.5, 0.6) is 0 Å². The Morgan fingerprint density at radius 3 is 2.45 bits per heavy atom. The lowest BCUT2D eigenvalue weighted by Gasteiger charge is -2.24. The summed E-state index contributed by atoms with van der Waals surface area (Å²) in [6.07, 6.45) is 0. The Labute approximate surface area is 119 Å². The smallest absolute Gasteiger partial charge is 0.323 e. The van der Waals surface area contributed by atoms with Crippen molar-refractivity contribution in [1.82, 2.24) is 0 Å². The van der Waals surface area contributed by atoms with Crippen LogP contribution in [0.1, 0.15) is 16.7 Å². The van der Waals surface area contributed by atoms with Gasteiger partial charge in [0.05, 0.1) is 0 Å². The van der Waals surface area contributed by atoms with Crippen LogP contribution in [-0.4, -0.2) is 17.6 Å². The number of hydrogen-bond acceptors (Lipinski definition) is 2. The van der Waals surface area contributed by atoms with Crippen LogP contribution in [-0.2, 0) is 11.3 Å². The molecule has 2 aromatic rings. The van der Waals surface area contributed by atoms with Gasteiger partial charge in [-0.3, -0.25) is 4.79 Å². The predicted molar refractivity (Wildman–Crippen MR) is 81.0 cm³/mol. The first kappa shape index (κ1) is 14.1. The lowest BCUT2D eigenvalue weighted by molar-refractivity contribution is -0.135. The molecule has 0 radical (unpaired) electrons. The highest BCUT2D eigenvalue weighted by atomic mass is 16.4. The van der Waals surface area contributed by atoms with Gasteiger partial charge in [-0.15, -0.1) is 0 Å². The summed E-state index contributed by atoms with van der Waals surface area (Å²) in [6, 6.07) is 15.9. The van der Waals surface area contributed by atoms with Gasteiger partial charge in [0.1, 0.15) is 6.54 Å². The summed E-state index contributed by atoms with van der Waals surface area (Å²) in [7, 11) is 0. The third-order valence-corrected chi connectivity index (χ3v) is 3.31. The Balaban J connectivity index is 2.28. The highest BCUT2D eigenvalue weighted by molar-refractivity contribution is 5.73. The number of aryl methyl sites for hydroxylation is 2. The molecule has 1 N–H and O–H groups in total. The summed E-state index contributed by atoms with van der Waals surface area (Å²) in [5.74, 6) is -0.820. The molecule has 0 fully saturated rings. The predicted octanol–water partition coefficient (Wildman–Crippen LogP) is 3.39. The summed E-state index contributed by atoms with van der Waals surface area (Å²) in [6.45, 7) is 4.70. The molecule has 0 unspecified atom stereocenters. The maximum Gasteiger partial charge on any atom is 0.323 e. The van der Waals surface area contributed by atoms with Crippen molar-refractivity contribution in [2.45, 2.75) is 20.4 Å². The van der Waals surface area contributed by atoms with Crippen molar-refractivity contribution >= 4 is 11.7 Å². The molecular formula is C17H19NO2. The van der Waals surface area contributed by atoms with E-state index in [1.807, 2.05) is 42.2 Å². The van der Waals surface area contributed by atoms with Crippen molar-refractivity contribution in [3.05, 3.63) is 65.2 Å². The first-order valence-corrected chi connectivity index (χ1v) is 6.64. The Morgan fingerprint density at radius 1 is 1.10 bits per heavy atom. The van der Waals surface area contributed by atoms with E-state index in [1.165, 1.54) is 11.1 Å². The summed E-state index contributed by atoms with van der Waals surface area (Å²) >= 11 is 0. The highest BCUT2D eigenvalue weighted by Crippen LogP contribution is 2.19. The fourth-order valence-corrected chi connectivity index (χ4v) is 2.22. The molecule has 3 nitrogen and oxygen atoms in total. The van der Waals surface area contributed by atoms with Gasteiger partial charge in [0.25, 0.3) is 0 Å². The zero-order valence-corrected chi connectivity index (χ0v) is 11.8. The van der Waals surface area contributed by atoms with Gasteiger partial charge in [-0.25, -0.2) is 0 Å². The lowest BCUT2D eigenvalue weighted by Crippen LogP contribution is -2.29. The summed E-state index contributed by atoms with van der Waals surface area (Å²) in [5.41, 5.74) is 4.46. The number of benzene rings is 2. The maximum atomic E-state index is 11.1. The molecule has 0 aliphatic rings. The number of anilines is 1. The first-order chi connectivity index (χ1) is 9.56. The number of para-hydroxylation sites is 1. The van der Waals surface area contributed by atoms with Crippen molar-refractivity contribution in [1.29, 1.82) is 0 Å². The number of hydrogen-bond donors (Lipinski definition) is 1. The molecule has 0 aromatic heterocycles. The quantitative estimate of drug-likeness (QED) is 0.904.